The summed E-state index contributed by atoms with van der Waals surface area (Å²) < 4.78 is 31.3. The minimum atomic E-state index is -0.600. The quantitative estimate of drug-likeness (QED) is 0.302. The summed E-state index contributed by atoms with van der Waals surface area (Å²) >= 11 is 3.45. The predicted octanol–water partition coefficient (Wildman–Crippen LogP) is 5.91. The van der Waals surface area contributed by atoms with Gasteiger partial charge in [0.25, 0.3) is 0 Å². The highest BCUT2D eigenvalue weighted by atomic mass is 79.9. The molecule has 7 heteroatoms. The fourth-order valence-corrected chi connectivity index (χ4v) is 3.55. The van der Waals surface area contributed by atoms with Gasteiger partial charge >= 0.3 is 5.97 Å². The van der Waals surface area contributed by atoms with E-state index in [9.17, 15) is 9.18 Å². The Hall–Kier alpha value is -3.45. The van der Waals surface area contributed by atoms with E-state index in [4.69, 9.17) is 14.2 Å². The molecule has 0 amide bonds. The van der Waals surface area contributed by atoms with Crippen molar-refractivity contribution in [3.8, 4) is 11.5 Å². The Kier molecular flexibility index (Phi) is 6.66. The van der Waals surface area contributed by atoms with Crippen molar-refractivity contribution in [1.82, 2.24) is 0 Å². The molecule has 0 radical (unpaired) electrons. The van der Waals surface area contributed by atoms with E-state index in [2.05, 4.69) is 20.9 Å². The van der Waals surface area contributed by atoms with E-state index >= 15 is 0 Å². The SMILES string of the molecule is CCOc1cc(/C=C2\N=C(c3cccc(F)c3)OC2=O)ccc1OCc1cccc(Br)c1. The molecule has 32 heavy (non-hydrogen) atoms. The van der Waals surface area contributed by atoms with Gasteiger partial charge in [0.1, 0.15) is 12.4 Å². The smallest absolute Gasteiger partial charge is 0.363 e. The van der Waals surface area contributed by atoms with Gasteiger partial charge in [-0.1, -0.05) is 40.2 Å². The summed E-state index contributed by atoms with van der Waals surface area (Å²) in [6.45, 7) is 2.72. The lowest BCUT2D eigenvalue weighted by molar-refractivity contribution is -0.129. The molecule has 0 fully saturated rings. The molecule has 0 unspecified atom stereocenters. The van der Waals surface area contributed by atoms with Gasteiger partial charge in [-0.05, 0) is 66.6 Å². The van der Waals surface area contributed by atoms with Crippen LogP contribution in [0.25, 0.3) is 6.08 Å². The fourth-order valence-electron chi connectivity index (χ4n) is 3.10. The Balaban J connectivity index is 1.56. The molecule has 4 rings (SSSR count). The number of nitrogens with zero attached hydrogens (tertiary/aromatic N) is 1. The molecular formula is C25H19BrFNO4. The number of esters is 1. The maximum Gasteiger partial charge on any atom is 0.363 e. The number of halogens is 2. The van der Waals surface area contributed by atoms with Crippen LogP contribution in [-0.2, 0) is 16.1 Å². The maximum absolute atomic E-state index is 13.5. The van der Waals surface area contributed by atoms with Crippen molar-refractivity contribution in [3.63, 3.8) is 0 Å². The number of aliphatic imine (C=N–C) groups is 1. The first-order valence-electron chi connectivity index (χ1n) is 9.94. The van der Waals surface area contributed by atoms with Crippen LogP contribution in [0.3, 0.4) is 0 Å². The highest BCUT2D eigenvalue weighted by molar-refractivity contribution is 9.10. The number of cyclic esters (lactones) is 1. The summed E-state index contributed by atoms with van der Waals surface area (Å²) in [6, 6.07) is 19.0. The first kappa shape index (κ1) is 21.8. The number of hydrogen-bond acceptors (Lipinski definition) is 5. The van der Waals surface area contributed by atoms with E-state index in [0.29, 0.717) is 35.8 Å². The van der Waals surface area contributed by atoms with Crippen LogP contribution in [-0.4, -0.2) is 18.5 Å². The van der Waals surface area contributed by atoms with Crippen LogP contribution >= 0.6 is 15.9 Å². The molecule has 0 atom stereocenters. The van der Waals surface area contributed by atoms with Gasteiger partial charge < -0.3 is 14.2 Å². The molecule has 1 heterocycles. The fraction of sp³-hybridized carbons (Fsp3) is 0.120. The topological polar surface area (TPSA) is 57.1 Å². The van der Waals surface area contributed by atoms with Crippen LogP contribution in [0.5, 0.6) is 11.5 Å². The van der Waals surface area contributed by atoms with Crippen molar-refractivity contribution < 1.29 is 23.4 Å². The van der Waals surface area contributed by atoms with Crippen molar-refractivity contribution in [2.45, 2.75) is 13.5 Å². The zero-order chi connectivity index (χ0) is 22.5. The van der Waals surface area contributed by atoms with Crippen molar-refractivity contribution in [1.29, 1.82) is 0 Å². The number of benzene rings is 3. The Morgan fingerprint density at radius 3 is 2.66 bits per heavy atom. The second-order valence-corrected chi connectivity index (χ2v) is 7.82. The normalized spacial score (nSPS) is 14.3. The second kappa shape index (κ2) is 9.78. The molecule has 162 valence electrons. The molecule has 1 aliphatic heterocycles. The van der Waals surface area contributed by atoms with Crippen molar-refractivity contribution in [2.75, 3.05) is 6.61 Å². The highest BCUT2D eigenvalue weighted by Crippen LogP contribution is 2.31. The molecule has 0 saturated carbocycles. The van der Waals surface area contributed by atoms with Gasteiger partial charge in [0.05, 0.1) is 6.61 Å². The monoisotopic (exact) mass is 495 g/mol. The summed E-state index contributed by atoms with van der Waals surface area (Å²) in [6.07, 6.45) is 1.59. The van der Waals surface area contributed by atoms with Crippen LogP contribution in [0.2, 0.25) is 0 Å². The minimum absolute atomic E-state index is 0.0692. The first-order chi connectivity index (χ1) is 15.5. The van der Waals surface area contributed by atoms with E-state index in [1.54, 1.807) is 30.3 Å². The Morgan fingerprint density at radius 1 is 1.03 bits per heavy atom. The van der Waals surface area contributed by atoms with Gasteiger partial charge in [0.15, 0.2) is 17.2 Å². The lowest BCUT2D eigenvalue weighted by Crippen LogP contribution is -2.05. The molecule has 0 aliphatic carbocycles. The van der Waals surface area contributed by atoms with Crippen molar-refractivity contribution in [2.24, 2.45) is 4.99 Å². The molecule has 0 bridgehead atoms. The van der Waals surface area contributed by atoms with Gasteiger partial charge in [-0.15, -0.1) is 0 Å². The summed E-state index contributed by atoms with van der Waals surface area (Å²) in [4.78, 5) is 16.5. The summed E-state index contributed by atoms with van der Waals surface area (Å²) in [5.41, 5.74) is 2.22. The summed E-state index contributed by atoms with van der Waals surface area (Å²) in [5, 5.41) is 0. The Bertz CT molecular complexity index is 1220. The van der Waals surface area contributed by atoms with Crippen LogP contribution in [0, 0.1) is 5.82 Å². The second-order valence-electron chi connectivity index (χ2n) is 6.90. The van der Waals surface area contributed by atoms with Gasteiger partial charge in [-0.2, -0.15) is 0 Å². The third kappa shape index (κ3) is 5.23. The average Bonchev–Trinajstić information content (AvgIpc) is 3.14. The third-order valence-corrected chi connectivity index (χ3v) is 5.04. The van der Waals surface area contributed by atoms with Crippen LogP contribution in [0.1, 0.15) is 23.6 Å². The first-order valence-corrected chi connectivity index (χ1v) is 10.7. The van der Waals surface area contributed by atoms with Gasteiger partial charge in [0, 0.05) is 10.0 Å². The van der Waals surface area contributed by atoms with E-state index in [1.165, 1.54) is 18.2 Å². The molecule has 1 aliphatic rings. The van der Waals surface area contributed by atoms with Crippen molar-refractivity contribution in [3.05, 3.63) is 99.4 Å². The van der Waals surface area contributed by atoms with E-state index in [0.717, 1.165) is 10.0 Å². The standard InChI is InChI=1S/C25H19BrFNO4/c1-2-30-23-13-16(9-10-22(23)31-15-17-5-3-7-19(26)11-17)12-21-25(29)32-24(28-21)18-6-4-8-20(27)14-18/h3-14H,2,15H2,1H3/b21-12-. The van der Waals surface area contributed by atoms with Gasteiger partial charge in [-0.25, -0.2) is 14.2 Å². The number of carbonyl (C=O) groups excluding carboxylic acids is 1. The lowest BCUT2D eigenvalue weighted by atomic mass is 10.1. The van der Waals surface area contributed by atoms with Crippen LogP contribution < -0.4 is 9.47 Å². The minimum Gasteiger partial charge on any atom is -0.490 e. The third-order valence-electron chi connectivity index (χ3n) is 4.55. The maximum atomic E-state index is 13.5. The summed E-state index contributed by atoms with van der Waals surface area (Å²) in [5.74, 6) is 0.180. The zero-order valence-electron chi connectivity index (χ0n) is 17.2. The van der Waals surface area contributed by atoms with E-state index in [-0.39, 0.29) is 11.6 Å². The number of rotatable bonds is 7. The predicted molar refractivity (Wildman–Crippen MR) is 123 cm³/mol. The van der Waals surface area contributed by atoms with Gasteiger partial charge in [-0.3, -0.25) is 0 Å². The molecule has 0 saturated heterocycles. The summed E-state index contributed by atoms with van der Waals surface area (Å²) in [7, 11) is 0. The van der Waals surface area contributed by atoms with Crippen LogP contribution in [0.4, 0.5) is 4.39 Å². The Labute approximate surface area is 193 Å². The van der Waals surface area contributed by atoms with Crippen molar-refractivity contribution >= 4 is 33.9 Å². The molecule has 0 spiro atoms. The molecular weight excluding hydrogens is 477 g/mol. The van der Waals surface area contributed by atoms with E-state index < -0.39 is 11.8 Å². The number of carbonyl (C=O) groups is 1. The van der Waals surface area contributed by atoms with Crippen LogP contribution in [0.15, 0.2) is 81.9 Å². The molecule has 3 aromatic carbocycles. The molecule has 3 aromatic rings. The average molecular weight is 496 g/mol. The Morgan fingerprint density at radius 2 is 1.88 bits per heavy atom. The largest absolute Gasteiger partial charge is 0.490 e. The number of ether oxygens (including phenoxy) is 3. The molecule has 0 N–H and O–H groups in total. The van der Waals surface area contributed by atoms with E-state index in [1.807, 2.05) is 31.2 Å². The van der Waals surface area contributed by atoms with Gasteiger partial charge in [0.2, 0.25) is 5.90 Å². The zero-order valence-corrected chi connectivity index (χ0v) is 18.8. The number of hydrogen-bond donors (Lipinski definition) is 0. The highest BCUT2D eigenvalue weighted by Gasteiger charge is 2.24. The molecule has 0 aromatic heterocycles. The molecule has 5 nitrogen and oxygen atoms in total. The lowest BCUT2D eigenvalue weighted by Gasteiger charge is -2.13.